The molecule has 0 radical (unpaired) electrons. The first kappa shape index (κ1) is 17.2. The largest absolute Gasteiger partial charge is 0.472 e. The number of hydrazine groups is 1. The summed E-state index contributed by atoms with van der Waals surface area (Å²) in [7, 11) is 0. The number of halogens is 1. The molecule has 2 saturated heterocycles. The van der Waals surface area contributed by atoms with Gasteiger partial charge in [0.25, 0.3) is 0 Å². The molecule has 0 spiro atoms. The van der Waals surface area contributed by atoms with Gasteiger partial charge in [0, 0.05) is 13.0 Å². The number of carbonyl (C=O) groups is 2. The van der Waals surface area contributed by atoms with E-state index in [1.165, 1.54) is 12.1 Å². The predicted octanol–water partition coefficient (Wildman–Crippen LogP) is 1.36. The number of amides is 3. The van der Waals surface area contributed by atoms with Crippen LogP contribution in [-0.4, -0.2) is 41.0 Å². The Labute approximate surface area is 154 Å². The van der Waals surface area contributed by atoms with E-state index in [0.29, 0.717) is 30.6 Å². The molecule has 9 heteroatoms. The molecule has 1 unspecified atom stereocenters. The number of fused-ring (bicyclic) bond motifs is 1. The second-order valence-electron chi connectivity index (χ2n) is 6.38. The summed E-state index contributed by atoms with van der Waals surface area (Å²) in [5.41, 5.74) is 5.69. The molecule has 0 bridgehead atoms. The number of hydrogen-bond acceptors (Lipinski definition) is 5. The first-order valence-corrected chi connectivity index (χ1v) is 8.54. The summed E-state index contributed by atoms with van der Waals surface area (Å²) >= 11 is 0. The molecule has 2 aliphatic heterocycles. The van der Waals surface area contributed by atoms with Crippen LogP contribution in [-0.2, 0) is 4.79 Å². The lowest BCUT2D eigenvalue weighted by Crippen LogP contribution is -2.30. The summed E-state index contributed by atoms with van der Waals surface area (Å²) in [5, 5.41) is 3.54. The van der Waals surface area contributed by atoms with E-state index in [-0.39, 0.29) is 29.3 Å². The number of ether oxygens (including phenoxy) is 1. The highest BCUT2D eigenvalue weighted by Crippen LogP contribution is 2.31. The molecule has 140 valence electrons. The van der Waals surface area contributed by atoms with Crippen LogP contribution in [0.3, 0.4) is 0 Å². The van der Waals surface area contributed by atoms with E-state index in [1.54, 1.807) is 23.1 Å². The van der Waals surface area contributed by atoms with E-state index in [1.807, 2.05) is 0 Å². The van der Waals surface area contributed by atoms with E-state index in [0.717, 1.165) is 0 Å². The summed E-state index contributed by atoms with van der Waals surface area (Å²) in [6, 6.07) is 6.01. The van der Waals surface area contributed by atoms with Crippen LogP contribution in [0.1, 0.15) is 18.3 Å². The lowest BCUT2D eigenvalue weighted by molar-refractivity contribution is -0.125. The van der Waals surface area contributed by atoms with Gasteiger partial charge in [-0.25, -0.2) is 19.6 Å². The maximum Gasteiger partial charge on any atom is 0.330 e. The number of nitrogens with zero attached hydrogens (tertiary/aromatic N) is 2. The van der Waals surface area contributed by atoms with Crippen molar-refractivity contribution in [2.24, 2.45) is 0 Å². The molecule has 3 N–H and O–H groups in total. The van der Waals surface area contributed by atoms with E-state index < -0.39 is 12.0 Å². The van der Waals surface area contributed by atoms with Gasteiger partial charge in [-0.15, -0.1) is 0 Å². The van der Waals surface area contributed by atoms with Crippen LogP contribution in [0.5, 0.6) is 5.88 Å². The number of pyridine rings is 1. The van der Waals surface area contributed by atoms with Crippen molar-refractivity contribution in [1.82, 2.24) is 26.1 Å². The number of aromatic nitrogens is 1. The van der Waals surface area contributed by atoms with Crippen LogP contribution in [0.4, 0.5) is 9.18 Å². The van der Waals surface area contributed by atoms with Gasteiger partial charge in [-0.3, -0.25) is 10.2 Å². The first-order chi connectivity index (χ1) is 13.0. The van der Waals surface area contributed by atoms with E-state index in [2.05, 4.69) is 27.7 Å². The van der Waals surface area contributed by atoms with Crippen molar-refractivity contribution in [1.29, 1.82) is 0 Å². The Kier molecular flexibility index (Phi) is 4.36. The zero-order valence-electron chi connectivity index (χ0n) is 14.4. The van der Waals surface area contributed by atoms with Crippen LogP contribution in [0.25, 0.3) is 10.8 Å². The number of benzene rings is 1. The smallest absolute Gasteiger partial charge is 0.330 e. The third-order valence-electron chi connectivity index (χ3n) is 4.60. The molecule has 4 rings (SSSR count). The van der Waals surface area contributed by atoms with Crippen LogP contribution in [0, 0.1) is 5.82 Å². The van der Waals surface area contributed by atoms with Gasteiger partial charge in [0.1, 0.15) is 18.1 Å². The third kappa shape index (κ3) is 3.28. The Hall–Kier alpha value is -3.20. The second-order valence-corrected chi connectivity index (χ2v) is 6.38. The van der Waals surface area contributed by atoms with Gasteiger partial charge in [-0.2, -0.15) is 0 Å². The molecule has 1 aromatic heterocycles. The predicted molar refractivity (Wildman–Crippen MR) is 95.1 cm³/mol. The van der Waals surface area contributed by atoms with E-state index >= 15 is 0 Å². The lowest BCUT2D eigenvalue weighted by Gasteiger charge is -2.18. The Morgan fingerprint density at radius 2 is 2.30 bits per heavy atom. The van der Waals surface area contributed by atoms with Gasteiger partial charge in [0.2, 0.25) is 11.8 Å². The topological polar surface area (TPSA) is 95.6 Å². The third-order valence-corrected chi connectivity index (χ3v) is 4.60. The van der Waals surface area contributed by atoms with Gasteiger partial charge in [0.15, 0.2) is 0 Å². The fourth-order valence-corrected chi connectivity index (χ4v) is 3.29. The fourth-order valence-electron chi connectivity index (χ4n) is 3.29. The molecular weight excluding hydrogens is 353 g/mol. The Balaban J connectivity index is 1.67. The molecule has 2 aromatic rings. The van der Waals surface area contributed by atoms with Gasteiger partial charge < -0.3 is 15.0 Å². The van der Waals surface area contributed by atoms with Crippen LogP contribution in [0.2, 0.25) is 0 Å². The van der Waals surface area contributed by atoms with E-state index in [4.69, 9.17) is 4.74 Å². The molecule has 8 nitrogen and oxygen atoms in total. The molecule has 0 aliphatic carbocycles. The average Bonchev–Trinajstić information content (AvgIpc) is 3.30. The molecule has 2 atom stereocenters. The van der Waals surface area contributed by atoms with Crippen molar-refractivity contribution in [3.63, 3.8) is 0 Å². The minimum atomic E-state index is -0.560. The SMILES string of the molecule is C=CC(=O)N1CC[C@H](Oc2nc(C3NNC(=O)N3)cc3cccc(F)c23)C1. The van der Waals surface area contributed by atoms with Crippen molar-refractivity contribution >= 4 is 22.7 Å². The first-order valence-electron chi connectivity index (χ1n) is 8.54. The van der Waals surface area contributed by atoms with Crippen molar-refractivity contribution < 1.29 is 18.7 Å². The summed E-state index contributed by atoms with van der Waals surface area (Å²) < 4.78 is 20.4. The van der Waals surface area contributed by atoms with Gasteiger partial charge in [-0.1, -0.05) is 18.7 Å². The number of likely N-dealkylation sites (tertiary alicyclic amines) is 1. The highest BCUT2D eigenvalue weighted by molar-refractivity contribution is 5.88. The number of rotatable bonds is 4. The maximum atomic E-state index is 14.5. The molecule has 3 heterocycles. The van der Waals surface area contributed by atoms with Crippen LogP contribution in [0.15, 0.2) is 36.9 Å². The molecule has 3 amide bonds. The van der Waals surface area contributed by atoms with E-state index in [9.17, 15) is 14.0 Å². The van der Waals surface area contributed by atoms with Crippen molar-refractivity contribution in [2.75, 3.05) is 13.1 Å². The van der Waals surface area contributed by atoms with Crippen LogP contribution < -0.4 is 20.9 Å². The average molecular weight is 371 g/mol. The van der Waals surface area contributed by atoms with Crippen molar-refractivity contribution in [2.45, 2.75) is 18.7 Å². The zero-order valence-corrected chi connectivity index (χ0v) is 14.4. The summed E-state index contributed by atoms with van der Waals surface area (Å²) in [5.74, 6) is -0.468. The number of hydrogen-bond donors (Lipinski definition) is 3. The Morgan fingerprint density at radius 3 is 3.04 bits per heavy atom. The van der Waals surface area contributed by atoms with Crippen LogP contribution >= 0.6 is 0 Å². The zero-order chi connectivity index (χ0) is 19.0. The molecule has 0 saturated carbocycles. The molecule has 27 heavy (non-hydrogen) atoms. The minimum Gasteiger partial charge on any atom is -0.472 e. The number of urea groups is 1. The highest BCUT2D eigenvalue weighted by Gasteiger charge is 2.29. The number of nitrogens with one attached hydrogen (secondary N) is 3. The number of carbonyl (C=O) groups excluding carboxylic acids is 2. The van der Waals surface area contributed by atoms with Gasteiger partial charge in [-0.05, 0) is 23.6 Å². The van der Waals surface area contributed by atoms with Crippen molar-refractivity contribution in [3.8, 4) is 5.88 Å². The van der Waals surface area contributed by atoms with Gasteiger partial charge >= 0.3 is 6.03 Å². The standard InChI is InChI=1S/C18H18FN5O3/c1-2-14(25)24-7-6-11(9-24)27-17-15-10(4-3-5-12(15)19)8-13(20-17)16-21-18(26)23-22-16/h2-5,8,11,16,22H,1,6-7,9H2,(H2,21,23,26)/t11-,16?/m0/s1. The molecular formula is C18H18FN5O3. The second kappa shape index (κ2) is 6.84. The van der Waals surface area contributed by atoms with Crippen molar-refractivity contribution in [3.05, 3.63) is 48.4 Å². The summed E-state index contributed by atoms with van der Waals surface area (Å²) in [4.78, 5) is 29.2. The monoisotopic (exact) mass is 371 g/mol. The highest BCUT2D eigenvalue weighted by atomic mass is 19.1. The summed E-state index contributed by atoms with van der Waals surface area (Å²) in [6.45, 7) is 4.41. The quantitative estimate of drug-likeness (QED) is 0.706. The summed E-state index contributed by atoms with van der Waals surface area (Å²) in [6.07, 6.45) is 1.01. The fraction of sp³-hybridized carbons (Fsp3) is 0.278. The maximum absolute atomic E-state index is 14.5. The normalized spacial score (nSPS) is 21.8. The molecule has 2 fully saturated rings. The molecule has 1 aromatic carbocycles. The molecule has 2 aliphatic rings. The Bertz CT molecular complexity index is 935. The Morgan fingerprint density at radius 1 is 1.44 bits per heavy atom. The van der Waals surface area contributed by atoms with Gasteiger partial charge in [0.05, 0.1) is 17.6 Å². The lowest BCUT2D eigenvalue weighted by atomic mass is 10.1. The minimum absolute atomic E-state index is 0.140.